The van der Waals surface area contributed by atoms with E-state index in [0.29, 0.717) is 16.7 Å². The van der Waals surface area contributed by atoms with E-state index in [0.717, 1.165) is 6.08 Å². The third kappa shape index (κ3) is 5.01. The van der Waals surface area contributed by atoms with Crippen molar-refractivity contribution >= 4 is 18.0 Å². The van der Waals surface area contributed by atoms with Crippen molar-refractivity contribution in [1.82, 2.24) is 0 Å². The first-order chi connectivity index (χ1) is 12.3. The van der Waals surface area contributed by atoms with Gasteiger partial charge in [0.05, 0.1) is 0 Å². The van der Waals surface area contributed by atoms with Gasteiger partial charge in [-0.1, -0.05) is 12.1 Å². The highest BCUT2D eigenvalue weighted by molar-refractivity contribution is 5.89. The van der Waals surface area contributed by atoms with Crippen LogP contribution in [0, 0.1) is 6.92 Å². The predicted octanol–water partition coefficient (Wildman–Crippen LogP) is 2.36. The number of aryl methyl sites for hydroxylation is 1. The zero-order chi connectivity index (χ0) is 19.3. The SMILES string of the molecule is Cc1cc(/C=C/C(=O)OC(Cc2ccc(O)c(O)c2)C(=O)O)ccc1O. The number of carbonyl (C=O) groups excluding carboxylic acids is 1. The van der Waals surface area contributed by atoms with Gasteiger partial charge in [-0.2, -0.15) is 0 Å². The van der Waals surface area contributed by atoms with E-state index in [9.17, 15) is 30.0 Å². The summed E-state index contributed by atoms with van der Waals surface area (Å²) in [6.07, 6.45) is 0.926. The first kappa shape index (κ1) is 18.9. The number of phenolic OH excluding ortho intramolecular Hbond substituents is 3. The number of hydrogen-bond donors (Lipinski definition) is 4. The molecule has 26 heavy (non-hydrogen) atoms. The fourth-order valence-electron chi connectivity index (χ4n) is 2.22. The van der Waals surface area contributed by atoms with Crippen LogP contribution in [0.25, 0.3) is 6.08 Å². The van der Waals surface area contributed by atoms with E-state index >= 15 is 0 Å². The fraction of sp³-hybridized carbons (Fsp3) is 0.158. The molecule has 0 radical (unpaired) electrons. The van der Waals surface area contributed by atoms with Gasteiger partial charge in [-0.3, -0.25) is 0 Å². The molecule has 0 fully saturated rings. The van der Waals surface area contributed by atoms with Crippen LogP contribution in [0.5, 0.6) is 17.2 Å². The number of ether oxygens (including phenoxy) is 1. The number of hydrogen-bond acceptors (Lipinski definition) is 6. The summed E-state index contributed by atoms with van der Waals surface area (Å²) in [6.45, 7) is 1.71. The van der Waals surface area contributed by atoms with Gasteiger partial charge in [-0.15, -0.1) is 0 Å². The molecule has 7 nitrogen and oxygen atoms in total. The van der Waals surface area contributed by atoms with Crippen molar-refractivity contribution in [3.05, 3.63) is 59.2 Å². The van der Waals surface area contributed by atoms with Crippen molar-refractivity contribution in [2.45, 2.75) is 19.4 Å². The highest BCUT2D eigenvalue weighted by Crippen LogP contribution is 2.25. The molecule has 0 aromatic heterocycles. The summed E-state index contributed by atoms with van der Waals surface area (Å²) < 4.78 is 4.94. The highest BCUT2D eigenvalue weighted by Gasteiger charge is 2.22. The fourth-order valence-corrected chi connectivity index (χ4v) is 2.22. The summed E-state index contributed by atoms with van der Waals surface area (Å²) in [6, 6.07) is 8.59. The minimum absolute atomic E-state index is 0.132. The molecule has 0 bridgehead atoms. The van der Waals surface area contributed by atoms with Gasteiger partial charge in [-0.25, -0.2) is 9.59 Å². The smallest absolute Gasteiger partial charge is 0.345 e. The topological polar surface area (TPSA) is 124 Å². The molecule has 0 spiro atoms. The van der Waals surface area contributed by atoms with Crippen molar-refractivity contribution in [2.24, 2.45) is 0 Å². The highest BCUT2D eigenvalue weighted by atomic mass is 16.6. The molecule has 2 aromatic rings. The van der Waals surface area contributed by atoms with Crippen LogP contribution in [0.4, 0.5) is 0 Å². The van der Waals surface area contributed by atoms with Crippen molar-refractivity contribution in [1.29, 1.82) is 0 Å². The molecule has 7 heteroatoms. The van der Waals surface area contributed by atoms with Crippen molar-refractivity contribution in [3.8, 4) is 17.2 Å². The maximum Gasteiger partial charge on any atom is 0.345 e. The Labute approximate surface area is 149 Å². The summed E-state index contributed by atoms with van der Waals surface area (Å²) in [5.74, 6) is -2.76. The Kier molecular flexibility index (Phi) is 5.85. The van der Waals surface area contributed by atoms with Crippen molar-refractivity contribution < 1.29 is 34.8 Å². The van der Waals surface area contributed by atoms with Crippen LogP contribution in [0.15, 0.2) is 42.5 Å². The average molecular weight is 358 g/mol. The van der Waals surface area contributed by atoms with E-state index in [2.05, 4.69) is 0 Å². The number of aliphatic carboxylic acids is 1. The zero-order valence-electron chi connectivity index (χ0n) is 13.9. The van der Waals surface area contributed by atoms with Crippen LogP contribution in [0.3, 0.4) is 0 Å². The summed E-state index contributed by atoms with van der Waals surface area (Å²) in [7, 11) is 0. The van der Waals surface area contributed by atoms with Crippen LogP contribution >= 0.6 is 0 Å². The molecular formula is C19H18O7. The van der Waals surface area contributed by atoms with E-state index < -0.39 is 18.0 Å². The third-order valence-electron chi connectivity index (χ3n) is 3.63. The van der Waals surface area contributed by atoms with Gasteiger partial charge < -0.3 is 25.2 Å². The largest absolute Gasteiger partial charge is 0.508 e. The summed E-state index contributed by atoms with van der Waals surface area (Å²) in [5.41, 5.74) is 1.67. The molecule has 0 aliphatic carbocycles. The number of carboxylic acids is 1. The lowest BCUT2D eigenvalue weighted by atomic mass is 10.1. The maximum atomic E-state index is 11.9. The number of esters is 1. The van der Waals surface area contributed by atoms with E-state index in [1.165, 1.54) is 30.3 Å². The molecular weight excluding hydrogens is 340 g/mol. The quantitative estimate of drug-likeness (QED) is 0.355. The Morgan fingerprint density at radius 3 is 2.35 bits per heavy atom. The zero-order valence-corrected chi connectivity index (χ0v) is 13.9. The number of rotatable bonds is 6. The molecule has 0 saturated heterocycles. The normalized spacial score (nSPS) is 12.0. The molecule has 0 amide bonds. The van der Waals surface area contributed by atoms with Crippen LogP contribution in [-0.2, 0) is 20.7 Å². The van der Waals surface area contributed by atoms with Gasteiger partial charge in [0, 0.05) is 12.5 Å². The number of phenols is 3. The molecule has 0 saturated carbocycles. The van der Waals surface area contributed by atoms with Gasteiger partial charge in [-0.05, 0) is 54.0 Å². The third-order valence-corrected chi connectivity index (χ3v) is 3.63. The van der Waals surface area contributed by atoms with E-state index in [4.69, 9.17) is 4.74 Å². The van der Waals surface area contributed by atoms with Crippen molar-refractivity contribution in [2.75, 3.05) is 0 Å². The molecule has 0 aliphatic heterocycles. The van der Waals surface area contributed by atoms with E-state index in [1.807, 2.05) is 0 Å². The van der Waals surface area contributed by atoms with E-state index in [-0.39, 0.29) is 23.7 Å². The number of aromatic hydroxyl groups is 3. The number of carboxylic acid groups (broad SMARTS) is 1. The Morgan fingerprint density at radius 1 is 1.04 bits per heavy atom. The second-order valence-corrected chi connectivity index (χ2v) is 5.67. The first-order valence-corrected chi connectivity index (χ1v) is 7.68. The van der Waals surface area contributed by atoms with Crippen LogP contribution < -0.4 is 0 Å². The summed E-state index contributed by atoms with van der Waals surface area (Å²) in [5, 5.41) is 37.4. The summed E-state index contributed by atoms with van der Waals surface area (Å²) in [4.78, 5) is 23.2. The van der Waals surface area contributed by atoms with Gasteiger partial charge in [0.25, 0.3) is 0 Å². The molecule has 0 aliphatic rings. The Morgan fingerprint density at radius 2 is 1.73 bits per heavy atom. The van der Waals surface area contributed by atoms with Gasteiger partial charge in [0.1, 0.15) is 5.75 Å². The standard InChI is InChI=1S/C19H18O7/c1-11-8-12(2-5-14(11)20)4-7-18(23)26-17(19(24)25)10-13-3-6-15(21)16(22)9-13/h2-9,17,20-22H,10H2,1H3,(H,24,25)/b7-4+. The van der Waals surface area contributed by atoms with Gasteiger partial charge >= 0.3 is 11.9 Å². The molecule has 1 atom stereocenters. The van der Waals surface area contributed by atoms with Crippen LogP contribution in [0.2, 0.25) is 0 Å². The van der Waals surface area contributed by atoms with Crippen LogP contribution in [0.1, 0.15) is 16.7 Å². The van der Waals surface area contributed by atoms with Crippen LogP contribution in [-0.4, -0.2) is 38.5 Å². The average Bonchev–Trinajstić information content (AvgIpc) is 2.58. The molecule has 1 unspecified atom stereocenters. The minimum atomic E-state index is -1.45. The minimum Gasteiger partial charge on any atom is -0.508 e. The lowest BCUT2D eigenvalue weighted by molar-refractivity contribution is -0.160. The lowest BCUT2D eigenvalue weighted by Crippen LogP contribution is -2.28. The Balaban J connectivity index is 2.05. The second-order valence-electron chi connectivity index (χ2n) is 5.67. The monoisotopic (exact) mass is 358 g/mol. The first-order valence-electron chi connectivity index (χ1n) is 7.68. The predicted molar refractivity (Wildman–Crippen MR) is 92.9 cm³/mol. The Bertz CT molecular complexity index is 855. The summed E-state index contributed by atoms with van der Waals surface area (Å²) >= 11 is 0. The molecule has 2 rings (SSSR count). The van der Waals surface area contributed by atoms with E-state index in [1.54, 1.807) is 19.1 Å². The number of benzene rings is 2. The maximum absolute atomic E-state index is 11.9. The van der Waals surface area contributed by atoms with Gasteiger partial charge in [0.2, 0.25) is 6.10 Å². The second kappa shape index (κ2) is 8.06. The van der Waals surface area contributed by atoms with Crippen molar-refractivity contribution in [3.63, 3.8) is 0 Å². The molecule has 0 heterocycles. The lowest BCUT2D eigenvalue weighted by Gasteiger charge is -2.13. The molecule has 2 aromatic carbocycles. The van der Waals surface area contributed by atoms with Gasteiger partial charge in [0.15, 0.2) is 11.5 Å². The molecule has 136 valence electrons. The number of carbonyl (C=O) groups is 2. The molecule has 4 N–H and O–H groups in total. The Hall–Kier alpha value is -3.48.